The molecule has 1 unspecified atom stereocenters. The molecule has 0 radical (unpaired) electrons. The Morgan fingerprint density at radius 3 is 1.79 bits per heavy atom. The predicted molar refractivity (Wildman–Crippen MR) is 97.0 cm³/mol. The van der Waals surface area contributed by atoms with Crippen LogP contribution in [0.2, 0.25) is 0 Å². The molecule has 0 spiro atoms. The summed E-state index contributed by atoms with van der Waals surface area (Å²) in [5, 5.41) is -6.20. The van der Waals surface area contributed by atoms with Gasteiger partial charge in [-0.05, 0) is 19.8 Å². The molecular weight excluding hydrogens is 495 g/mol. The summed E-state index contributed by atoms with van der Waals surface area (Å²) in [6.45, 7) is 4.24. The van der Waals surface area contributed by atoms with E-state index in [9.17, 15) is 53.3 Å². The van der Waals surface area contributed by atoms with Crippen LogP contribution in [0.3, 0.4) is 0 Å². The number of carbonyl (C=O) groups is 2. The van der Waals surface area contributed by atoms with Crippen LogP contribution in [0.1, 0.15) is 40.0 Å². The molecule has 0 aromatic carbocycles. The molecule has 33 heavy (non-hydrogen) atoms. The van der Waals surface area contributed by atoms with Gasteiger partial charge in [0.1, 0.15) is 0 Å². The van der Waals surface area contributed by atoms with E-state index in [-0.39, 0.29) is 25.9 Å². The lowest BCUT2D eigenvalue weighted by Crippen LogP contribution is -2.63. The van der Waals surface area contributed by atoms with Crippen LogP contribution in [0.4, 0.5) is 30.7 Å². The average molecular weight is 518 g/mol. The second-order valence-corrected chi connectivity index (χ2v) is 8.27. The highest BCUT2D eigenvalue weighted by Gasteiger charge is 2.68. The van der Waals surface area contributed by atoms with Crippen LogP contribution in [0.25, 0.3) is 0 Å². The number of esters is 1. The standard InChI is InChI=1S/C17H24F7NO7S/c1-5-8-25(9-6-2)13(27)15(16(20,21)22,32-12(26)11(3)4)31-10-7-14(18,19)17(23,24)33(28,29)30/h3,5-10H2,1-2,4H3,(H,28,29,30)/p-1. The molecule has 16 heteroatoms. The van der Waals surface area contributed by atoms with Gasteiger partial charge >= 0.3 is 35.0 Å². The van der Waals surface area contributed by atoms with Gasteiger partial charge < -0.3 is 18.9 Å². The highest BCUT2D eigenvalue weighted by atomic mass is 32.2. The van der Waals surface area contributed by atoms with E-state index in [0.717, 1.165) is 6.92 Å². The summed E-state index contributed by atoms with van der Waals surface area (Å²) in [6, 6.07) is 0. The van der Waals surface area contributed by atoms with Crippen LogP contribution in [0, 0.1) is 0 Å². The quantitative estimate of drug-likeness (QED) is 0.121. The lowest BCUT2D eigenvalue weighted by atomic mass is 10.1. The van der Waals surface area contributed by atoms with Gasteiger partial charge in [-0.3, -0.25) is 4.79 Å². The summed E-state index contributed by atoms with van der Waals surface area (Å²) in [5.41, 5.74) is -0.646. The van der Waals surface area contributed by atoms with Crippen molar-refractivity contribution < 1.29 is 62.8 Å². The normalized spacial score (nSPS) is 15.0. The summed E-state index contributed by atoms with van der Waals surface area (Å²) in [5.74, 6) is -14.1. The topological polar surface area (TPSA) is 113 Å². The number of hydrogen-bond donors (Lipinski definition) is 0. The van der Waals surface area contributed by atoms with Crippen LogP contribution < -0.4 is 0 Å². The summed E-state index contributed by atoms with van der Waals surface area (Å²) in [7, 11) is -6.91. The van der Waals surface area contributed by atoms with E-state index in [1.54, 1.807) is 0 Å². The third-order valence-electron chi connectivity index (χ3n) is 3.98. The fourth-order valence-electron chi connectivity index (χ4n) is 2.33. The average Bonchev–Trinajstić information content (AvgIpc) is 2.64. The second kappa shape index (κ2) is 11.0. The van der Waals surface area contributed by atoms with Gasteiger partial charge in [-0.25, -0.2) is 13.2 Å². The molecule has 0 N–H and O–H groups in total. The SMILES string of the molecule is C=C(C)C(=O)OC(OCCC(F)(F)C(F)(F)S(=O)(=O)[O-])(C(=O)N(CCC)CCC)C(F)(F)F. The molecule has 0 fully saturated rings. The number of ether oxygens (including phenoxy) is 2. The fraction of sp³-hybridized carbons (Fsp3) is 0.765. The highest BCUT2D eigenvalue weighted by molar-refractivity contribution is 7.86. The van der Waals surface area contributed by atoms with Crippen LogP contribution >= 0.6 is 0 Å². The maximum atomic E-state index is 14.0. The zero-order valence-corrected chi connectivity index (χ0v) is 18.6. The smallest absolute Gasteiger partial charge is 0.466 e. The molecule has 0 aliphatic heterocycles. The van der Waals surface area contributed by atoms with Gasteiger partial charge in [0.25, 0.3) is 0 Å². The van der Waals surface area contributed by atoms with E-state index >= 15 is 0 Å². The minimum atomic E-state index is -6.91. The van der Waals surface area contributed by atoms with Crippen LogP contribution in [0.5, 0.6) is 0 Å². The summed E-state index contributed by atoms with van der Waals surface area (Å²) < 4.78 is 135. The van der Waals surface area contributed by atoms with Crippen molar-refractivity contribution in [2.45, 2.75) is 63.2 Å². The lowest BCUT2D eigenvalue weighted by molar-refractivity contribution is -0.353. The Balaban J connectivity index is 6.33. The first-order valence-corrected chi connectivity index (χ1v) is 10.7. The monoisotopic (exact) mass is 518 g/mol. The van der Waals surface area contributed by atoms with E-state index in [0.29, 0.717) is 4.90 Å². The third kappa shape index (κ3) is 7.02. The molecule has 0 saturated heterocycles. The fourth-order valence-corrected chi connectivity index (χ4v) is 2.80. The van der Waals surface area contributed by atoms with E-state index in [4.69, 9.17) is 0 Å². The van der Waals surface area contributed by atoms with Gasteiger partial charge in [0.2, 0.25) is 0 Å². The zero-order valence-electron chi connectivity index (χ0n) is 17.8. The molecule has 0 aliphatic carbocycles. The van der Waals surface area contributed by atoms with Gasteiger partial charge in [-0.1, -0.05) is 20.4 Å². The molecule has 0 bridgehead atoms. The van der Waals surface area contributed by atoms with Crippen molar-refractivity contribution in [1.29, 1.82) is 0 Å². The third-order valence-corrected chi connectivity index (χ3v) is 4.90. The Morgan fingerprint density at radius 2 is 1.45 bits per heavy atom. The molecule has 0 saturated carbocycles. The van der Waals surface area contributed by atoms with E-state index in [2.05, 4.69) is 16.1 Å². The second-order valence-electron chi connectivity index (χ2n) is 6.85. The summed E-state index contributed by atoms with van der Waals surface area (Å²) in [6.07, 6.45) is -8.09. The minimum Gasteiger partial charge on any atom is -0.743 e. The molecule has 1 atom stereocenters. The summed E-state index contributed by atoms with van der Waals surface area (Å²) >= 11 is 0. The van der Waals surface area contributed by atoms with Gasteiger partial charge in [0.05, 0.1) is 6.61 Å². The van der Waals surface area contributed by atoms with Crippen molar-refractivity contribution in [3.8, 4) is 0 Å². The molecule has 0 rings (SSSR count). The van der Waals surface area contributed by atoms with Crippen molar-refractivity contribution in [1.82, 2.24) is 4.90 Å². The molecule has 0 aromatic rings. The van der Waals surface area contributed by atoms with Crippen molar-refractivity contribution in [3.05, 3.63) is 12.2 Å². The van der Waals surface area contributed by atoms with Crippen molar-refractivity contribution in [2.24, 2.45) is 0 Å². The number of amides is 1. The molecule has 194 valence electrons. The van der Waals surface area contributed by atoms with E-state index in [1.165, 1.54) is 13.8 Å². The van der Waals surface area contributed by atoms with Gasteiger partial charge in [0.15, 0.2) is 10.1 Å². The van der Waals surface area contributed by atoms with Gasteiger partial charge in [-0.15, -0.1) is 0 Å². The van der Waals surface area contributed by atoms with E-state index < -0.39 is 63.7 Å². The number of carbonyl (C=O) groups excluding carboxylic acids is 2. The number of rotatable bonds is 13. The van der Waals surface area contributed by atoms with E-state index in [1.807, 2.05) is 0 Å². The number of nitrogens with zero attached hydrogens (tertiary/aromatic N) is 1. The Kier molecular flexibility index (Phi) is 10.3. The van der Waals surface area contributed by atoms with Crippen molar-refractivity contribution in [3.63, 3.8) is 0 Å². The Morgan fingerprint density at radius 1 is 1.00 bits per heavy atom. The number of halogens is 7. The predicted octanol–water partition coefficient (Wildman–Crippen LogP) is 3.19. The first-order chi connectivity index (χ1) is 14.7. The molecular formula is C17H23F7NO7S-. The Labute approximate surface area is 185 Å². The van der Waals surface area contributed by atoms with Crippen molar-refractivity contribution in [2.75, 3.05) is 19.7 Å². The number of alkyl halides is 7. The highest BCUT2D eigenvalue weighted by Crippen LogP contribution is 2.42. The Bertz CT molecular complexity index is 824. The maximum absolute atomic E-state index is 14.0. The molecule has 8 nitrogen and oxygen atoms in total. The first kappa shape index (κ1) is 31.1. The number of hydrogen-bond acceptors (Lipinski definition) is 7. The minimum absolute atomic E-state index is 0.125. The van der Waals surface area contributed by atoms with Gasteiger partial charge in [0, 0.05) is 25.1 Å². The zero-order chi connectivity index (χ0) is 26.5. The molecule has 0 heterocycles. The maximum Gasteiger partial charge on any atom is 0.466 e. The molecule has 0 aromatic heterocycles. The summed E-state index contributed by atoms with van der Waals surface area (Å²) in [4.78, 5) is 25.2. The van der Waals surface area contributed by atoms with Crippen molar-refractivity contribution >= 4 is 22.0 Å². The van der Waals surface area contributed by atoms with Crippen LogP contribution in [-0.4, -0.2) is 72.6 Å². The largest absolute Gasteiger partial charge is 0.743 e. The molecule has 1 amide bonds. The van der Waals surface area contributed by atoms with Crippen LogP contribution in [0.15, 0.2) is 12.2 Å². The first-order valence-electron chi connectivity index (χ1n) is 9.31. The van der Waals surface area contributed by atoms with Gasteiger partial charge in [-0.2, -0.15) is 30.7 Å². The Hall–Kier alpha value is -1.94. The molecule has 0 aliphatic rings. The lowest BCUT2D eigenvalue weighted by Gasteiger charge is -2.37. The van der Waals surface area contributed by atoms with Crippen LogP contribution in [-0.2, 0) is 29.2 Å².